The van der Waals surface area contributed by atoms with Crippen LogP contribution in [0.3, 0.4) is 0 Å². The van der Waals surface area contributed by atoms with Gasteiger partial charge in [-0.2, -0.15) is 0 Å². The lowest BCUT2D eigenvalue weighted by atomic mass is 9.94. The molecule has 164 valence electrons. The van der Waals surface area contributed by atoms with Crippen LogP contribution in [0.1, 0.15) is 39.8 Å². The van der Waals surface area contributed by atoms with Crippen LogP contribution >= 0.6 is 0 Å². The van der Waals surface area contributed by atoms with Crippen LogP contribution in [0.5, 0.6) is 0 Å². The van der Waals surface area contributed by atoms with E-state index in [4.69, 9.17) is 14.2 Å². The monoisotopic (exact) mass is 410 g/mol. The first-order valence-corrected chi connectivity index (χ1v) is 10.3. The van der Waals surface area contributed by atoms with Crippen molar-refractivity contribution in [2.24, 2.45) is 17.8 Å². The van der Waals surface area contributed by atoms with Gasteiger partial charge in [0.25, 0.3) is 0 Å². The van der Waals surface area contributed by atoms with Crippen molar-refractivity contribution in [3.8, 4) is 0 Å². The van der Waals surface area contributed by atoms with Crippen LogP contribution in [-0.4, -0.2) is 71.3 Å². The number of rotatable bonds is 14. The maximum absolute atomic E-state index is 12.4. The molecule has 1 saturated heterocycles. The number of ether oxygens (including phenoxy) is 3. The molecule has 1 fully saturated rings. The average Bonchev–Trinajstić information content (AvgIpc) is 3.22. The predicted molar refractivity (Wildman–Crippen MR) is 106 cm³/mol. The van der Waals surface area contributed by atoms with Crippen LogP contribution in [-0.2, 0) is 36.9 Å². The highest BCUT2D eigenvalue weighted by Gasteiger charge is 2.40. The van der Waals surface area contributed by atoms with Gasteiger partial charge >= 0.3 is 0 Å². The van der Waals surface area contributed by atoms with Crippen LogP contribution in [0.4, 0.5) is 0 Å². The minimum Gasteiger partial charge on any atom is -0.379 e. The SMILES string of the molecule is CC(C)COCCOCCOCCn1cc(CN2C(=O)CC(C(C)C)C2=O)nn1. The molecule has 29 heavy (non-hydrogen) atoms. The van der Waals surface area contributed by atoms with Crippen LogP contribution in [0.25, 0.3) is 0 Å². The van der Waals surface area contributed by atoms with Crippen molar-refractivity contribution < 1.29 is 23.8 Å². The first-order valence-electron chi connectivity index (χ1n) is 10.3. The van der Waals surface area contributed by atoms with E-state index in [1.807, 2.05) is 13.8 Å². The van der Waals surface area contributed by atoms with E-state index >= 15 is 0 Å². The Balaban J connectivity index is 1.59. The molecular weight excluding hydrogens is 376 g/mol. The van der Waals surface area contributed by atoms with Gasteiger partial charge in [0, 0.05) is 18.9 Å². The van der Waals surface area contributed by atoms with Crippen molar-refractivity contribution in [3.05, 3.63) is 11.9 Å². The van der Waals surface area contributed by atoms with Gasteiger partial charge in [-0.1, -0.05) is 32.9 Å². The molecule has 0 radical (unpaired) electrons. The number of carbonyl (C=O) groups is 2. The summed E-state index contributed by atoms with van der Waals surface area (Å²) < 4.78 is 18.0. The first kappa shape index (κ1) is 23.4. The molecule has 2 rings (SSSR count). The minimum atomic E-state index is -0.227. The Morgan fingerprint density at radius 3 is 2.31 bits per heavy atom. The summed E-state index contributed by atoms with van der Waals surface area (Å²) in [5.74, 6) is 0.207. The molecule has 0 bridgehead atoms. The standard InChI is InChI=1S/C20H34N4O5/c1-15(2)14-29-10-9-28-8-7-27-6-5-23-12-17(21-22-23)13-24-19(25)11-18(16(3)4)20(24)26/h12,15-16,18H,5-11,13-14H2,1-4H3. The van der Waals surface area contributed by atoms with Crippen molar-refractivity contribution in [2.75, 3.05) is 39.6 Å². The molecule has 9 nitrogen and oxygen atoms in total. The van der Waals surface area contributed by atoms with Crippen molar-refractivity contribution in [1.82, 2.24) is 19.9 Å². The molecule has 0 N–H and O–H groups in total. The van der Waals surface area contributed by atoms with Gasteiger partial charge in [0.15, 0.2) is 0 Å². The molecule has 9 heteroatoms. The molecule has 1 aliphatic heterocycles. The second-order valence-electron chi connectivity index (χ2n) is 8.04. The third-order valence-corrected chi connectivity index (χ3v) is 4.65. The zero-order valence-corrected chi connectivity index (χ0v) is 18.0. The van der Waals surface area contributed by atoms with Crippen molar-refractivity contribution in [3.63, 3.8) is 0 Å². The lowest BCUT2D eigenvalue weighted by Gasteiger charge is -2.14. The molecule has 2 amide bonds. The molecule has 0 aromatic carbocycles. The zero-order chi connectivity index (χ0) is 21.2. The molecule has 1 aliphatic rings. The summed E-state index contributed by atoms with van der Waals surface area (Å²) in [4.78, 5) is 25.8. The van der Waals surface area contributed by atoms with E-state index in [9.17, 15) is 9.59 Å². The minimum absolute atomic E-state index is 0.113. The Hall–Kier alpha value is -1.84. The fourth-order valence-electron chi connectivity index (χ4n) is 2.99. The molecular formula is C20H34N4O5. The maximum Gasteiger partial charge on any atom is 0.233 e. The van der Waals surface area contributed by atoms with Gasteiger partial charge in [-0.05, 0) is 11.8 Å². The smallest absolute Gasteiger partial charge is 0.233 e. The Kier molecular flexibility index (Phi) is 9.69. The van der Waals surface area contributed by atoms with Crippen LogP contribution in [0.15, 0.2) is 6.20 Å². The molecule has 2 heterocycles. The summed E-state index contributed by atoms with van der Waals surface area (Å²) in [6.07, 6.45) is 2.03. The van der Waals surface area contributed by atoms with E-state index in [-0.39, 0.29) is 36.6 Å². The number of imide groups is 1. The van der Waals surface area contributed by atoms with E-state index in [1.54, 1.807) is 10.9 Å². The number of likely N-dealkylation sites (tertiary alicyclic amines) is 1. The van der Waals surface area contributed by atoms with Crippen LogP contribution < -0.4 is 0 Å². The number of nitrogens with zero attached hydrogens (tertiary/aromatic N) is 4. The Labute approximate surface area is 172 Å². The van der Waals surface area contributed by atoms with E-state index in [0.29, 0.717) is 51.2 Å². The second kappa shape index (κ2) is 12.0. The van der Waals surface area contributed by atoms with Gasteiger partial charge in [0.2, 0.25) is 11.8 Å². The van der Waals surface area contributed by atoms with E-state index < -0.39 is 0 Å². The summed E-state index contributed by atoms with van der Waals surface area (Å²) in [5.41, 5.74) is 0.598. The quantitative estimate of drug-likeness (QED) is 0.339. The molecule has 1 aromatic heterocycles. The van der Waals surface area contributed by atoms with Crippen LogP contribution in [0.2, 0.25) is 0 Å². The Morgan fingerprint density at radius 1 is 1.03 bits per heavy atom. The Morgan fingerprint density at radius 2 is 1.69 bits per heavy atom. The zero-order valence-electron chi connectivity index (χ0n) is 18.0. The number of hydrogen-bond acceptors (Lipinski definition) is 7. The second-order valence-corrected chi connectivity index (χ2v) is 8.04. The van der Waals surface area contributed by atoms with Gasteiger partial charge in [-0.15, -0.1) is 5.10 Å². The number of amides is 2. The highest BCUT2D eigenvalue weighted by molar-refractivity contribution is 6.03. The summed E-state index contributed by atoms with van der Waals surface area (Å²) in [5, 5.41) is 8.09. The summed E-state index contributed by atoms with van der Waals surface area (Å²) in [7, 11) is 0. The number of carbonyl (C=O) groups excluding carboxylic acids is 2. The molecule has 0 saturated carbocycles. The maximum atomic E-state index is 12.4. The highest BCUT2D eigenvalue weighted by atomic mass is 16.5. The number of hydrogen-bond donors (Lipinski definition) is 0. The fraction of sp³-hybridized carbons (Fsp3) is 0.800. The normalized spacial score (nSPS) is 17.3. The third-order valence-electron chi connectivity index (χ3n) is 4.65. The summed E-state index contributed by atoms with van der Waals surface area (Å²) in [6.45, 7) is 12.3. The van der Waals surface area contributed by atoms with E-state index in [2.05, 4.69) is 24.2 Å². The van der Waals surface area contributed by atoms with Gasteiger partial charge in [-0.25, -0.2) is 4.68 Å². The largest absolute Gasteiger partial charge is 0.379 e. The van der Waals surface area contributed by atoms with E-state index in [1.165, 1.54) is 4.90 Å². The lowest BCUT2D eigenvalue weighted by molar-refractivity contribution is -0.140. The third kappa shape index (κ3) is 7.83. The van der Waals surface area contributed by atoms with Gasteiger partial charge in [-0.3, -0.25) is 14.5 Å². The average molecular weight is 411 g/mol. The van der Waals surface area contributed by atoms with E-state index in [0.717, 1.165) is 6.61 Å². The lowest BCUT2D eigenvalue weighted by Crippen LogP contribution is -2.31. The van der Waals surface area contributed by atoms with Crippen LogP contribution in [0, 0.1) is 17.8 Å². The summed E-state index contributed by atoms with van der Waals surface area (Å²) in [6, 6.07) is 0. The molecule has 1 aromatic rings. The van der Waals surface area contributed by atoms with Gasteiger partial charge in [0.1, 0.15) is 5.69 Å². The van der Waals surface area contributed by atoms with Gasteiger partial charge < -0.3 is 14.2 Å². The first-order chi connectivity index (χ1) is 13.9. The molecule has 1 atom stereocenters. The highest BCUT2D eigenvalue weighted by Crippen LogP contribution is 2.27. The predicted octanol–water partition coefficient (Wildman–Crippen LogP) is 1.52. The van der Waals surface area contributed by atoms with Crippen molar-refractivity contribution in [2.45, 2.75) is 47.2 Å². The fourth-order valence-corrected chi connectivity index (χ4v) is 2.99. The topological polar surface area (TPSA) is 95.8 Å². The summed E-state index contributed by atoms with van der Waals surface area (Å²) >= 11 is 0. The molecule has 1 unspecified atom stereocenters. The van der Waals surface area contributed by atoms with Crippen molar-refractivity contribution in [1.29, 1.82) is 0 Å². The molecule has 0 spiro atoms. The Bertz CT molecular complexity index is 647. The van der Waals surface area contributed by atoms with Gasteiger partial charge in [0.05, 0.1) is 52.3 Å². The number of aromatic nitrogens is 3. The molecule has 0 aliphatic carbocycles. The van der Waals surface area contributed by atoms with Crippen molar-refractivity contribution >= 4 is 11.8 Å².